The lowest BCUT2D eigenvalue weighted by Crippen LogP contribution is -2.75. The monoisotopic (exact) mass is 464 g/mol. The number of rotatable bonds is 3. The van der Waals surface area contributed by atoms with Crippen molar-refractivity contribution in [3.8, 4) is 5.69 Å². The van der Waals surface area contributed by atoms with Crippen molar-refractivity contribution in [2.75, 3.05) is 39.6 Å². The van der Waals surface area contributed by atoms with Crippen molar-refractivity contribution in [1.29, 1.82) is 0 Å². The van der Waals surface area contributed by atoms with Crippen molar-refractivity contribution in [3.05, 3.63) is 49.4 Å². The first-order valence-electron chi connectivity index (χ1n) is 8.81. The fraction of sp³-hybridized carbons (Fsp3) is 0.444. The summed E-state index contributed by atoms with van der Waals surface area (Å²) in [6, 6.07) is 7.90. The van der Waals surface area contributed by atoms with Crippen LogP contribution in [0.15, 0.2) is 34.1 Å². The third-order valence-electron chi connectivity index (χ3n) is 5.42. The van der Waals surface area contributed by atoms with Crippen molar-refractivity contribution < 1.29 is 0 Å². The number of hydrogen-bond acceptors (Lipinski definition) is 5. The van der Waals surface area contributed by atoms with Crippen LogP contribution in [-0.4, -0.2) is 75.9 Å². The molecule has 4 aliphatic rings. The third-order valence-corrected chi connectivity index (χ3v) is 6.14. The van der Waals surface area contributed by atoms with E-state index >= 15 is 0 Å². The van der Waals surface area contributed by atoms with Crippen molar-refractivity contribution in [3.63, 3.8) is 0 Å². The minimum atomic E-state index is -0.113. The Labute approximate surface area is 165 Å². The Kier molecular flexibility index (Phi) is 3.85. The van der Waals surface area contributed by atoms with Crippen LogP contribution in [0.4, 0.5) is 0 Å². The summed E-state index contributed by atoms with van der Waals surface area (Å²) in [5, 5.41) is 3.19. The van der Waals surface area contributed by atoms with Gasteiger partial charge in [-0.05, 0) is 53.8 Å². The summed E-state index contributed by atoms with van der Waals surface area (Å²) in [7, 11) is 0. The second kappa shape index (κ2) is 6.01. The summed E-state index contributed by atoms with van der Waals surface area (Å²) >= 11 is 2.26. The zero-order valence-corrected chi connectivity index (χ0v) is 16.8. The smallest absolute Gasteiger partial charge is 0.280 e. The summed E-state index contributed by atoms with van der Waals surface area (Å²) in [6.45, 7) is 7.98. The topological polar surface area (TPSA) is 59.9 Å². The summed E-state index contributed by atoms with van der Waals surface area (Å²) in [6.07, 6.45) is 1.80. The Bertz CT molecular complexity index is 893. The first-order valence-corrected chi connectivity index (χ1v) is 9.89. The molecule has 7 nitrogen and oxygen atoms in total. The van der Waals surface area contributed by atoms with Gasteiger partial charge in [0, 0.05) is 35.1 Å². The predicted molar refractivity (Wildman–Crippen MR) is 109 cm³/mol. The highest BCUT2D eigenvalue weighted by molar-refractivity contribution is 14.1. The second-order valence-corrected chi connectivity index (χ2v) is 8.91. The zero-order valence-electron chi connectivity index (χ0n) is 14.7. The standard InChI is InChI=1S/C18H21IN6O/c1-13-16(17(26)25(21-13)15-4-2-14(19)3-5-15)6-20-18-7-22-10-23(8-18)12-24(9-18)11-22/h2-6,21H,7-12H2,1H3. The first-order chi connectivity index (χ1) is 12.5. The predicted octanol–water partition coefficient (Wildman–Crippen LogP) is 1.06. The SMILES string of the molecule is Cc1[nH]n(-c2ccc(I)cc2)c(=O)c1C=NC12CN3CN(CN(C3)C1)C2. The lowest BCUT2D eigenvalue weighted by Gasteiger charge is -2.59. The summed E-state index contributed by atoms with van der Waals surface area (Å²) in [5.41, 5.74) is 2.19. The van der Waals surface area contributed by atoms with Gasteiger partial charge < -0.3 is 0 Å². The molecule has 2 aromatic rings. The number of halogens is 1. The zero-order chi connectivity index (χ0) is 17.9. The number of aryl methyl sites for hydroxylation is 1. The van der Waals surface area contributed by atoms with Gasteiger partial charge in [-0.15, -0.1) is 0 Å². The Morgan fingerprint density at radius 2 is 1.65 bits per heavy atom. The number of H-pyrrole nitrogens is 1. The summed E-state index contributed by atoms with van der Waals surface area (Å²) in [5.74, 6) is 0. The molecule has 4 aliphatic heterocycles. The summed E-state index contributed by atoms with van der Waals surface area (Å²) in [4.78, 5) is 25.1. The number of benzene rings is 1. The molecule has 0 spiro atoms. The molecule has 0 radical (unpaired) electrons. The van der Waals surface area contributed by atoms with Gasteiger partial charge in [-0.25, -0.2) is 4.68 Å². The molecule has 26 heavy (non-hydrogen) atoms. The van der Waals surface area contributed by atoms with E-state index < -0.39 is 0 Å². The highest BCUT2D eigenvalue weighted by Gasteiger charge is 2.48. The highest BCUT2D eigenvalue weighted by atomic mass is 127. The van der Waals surface area contributed by atoms with Crippen LogP contribution in [0.1, 0.15) is 11.3 Å². The van der Waals surface area contributed by atoms with Crippen LogP contribution in [0.25, 0.3) is 5.69 Å². The molecular weight excluding hydrogens is 443 g/mol. The Morgan fingerprint density at radius 3 is 2.23 bits per heavy atom. The van der Waals surface area contributed by atoms with Crippen LogP contribution in [0.3, 0.4) is 0 Å². The van der Waals surface area contributed by atoms with Gasteiger partial charge in [-0.1, -0.05) is 0 Å². The number of nitrogens with one attached hydrogen (secondary N) is 1. The summed E-state index contributed by atoms with van der Waals surface area (Å²) < 4.78 is 2.74. The molecule has 5 heterocycles. The van der Waals surface area contributed by atoms with E-state index in [-0.39, 0.29) is 11.1 Å². The van der Waals surface area contributed by atoms with Crippen molar-refractivity contribution in [1.82, 2.24) is 24.5 Å². The van der Waals surface area contributed by atoms with Crippen LogP contribution >= 0.6 is 22.6 Å². The van der Waals surface area contributed by atoms with E-state index in [0.717, 1.165) is 54.6 Å². The van der Waals surface area contributed by atoms with Crippen LogP contribution in [0.5, 0.6) is 0 Å². The van der Waals surface area contributed by atoms with Gasteiger partial charge in [-0.2, -0.15) is 0 Å². The number of aliphatic imine (C=N–C) groups is 1. The third kappa shape index (κ3) is 2.75. The molecule has 1 aromatic carbocycles. The molecule has 1 N–H and O–H groups in total. The average molecular weight is 464 g/mol. The number of nitrogens with zero attached hydrogens (tertiary/aromatic N) is 5. The quantitative estimate of drug-likeness (QED) is 0.546. The van der Waals surface area contributed by atoms with Crippen LogP contribution in [-0.2, 0) is 0 Å². The van der Waals surface area contributed by atoms with Crippen molar-refractivity contribution in [2.45, 2.75) is 12.5 Å². The van der Waals surface area contributed by atoms with E-state index in [1.165, 1.54) is 0 Å². The van der Waals surface area contributed by atoms with E-state index in [2.05, 4.69) is 42.4 Å². The maximum Gasteiger partial charge on any atom is 0.280 e. The van der Waals surface area contributed by atoms with E-state index in [1.54, 1.807) is 10.9 Å². The van der Waals surface area contributed by atoms with Gasteiger partial charge in [0.05, 0.1) is 36.8 Å². The number of aromatic nitrogens is 2. The second-order valence-electron chi connectivity index (χ2n) is 7.66. The molecule has 4 bridgehead atoms. The van der Waals surface area contributed by atoms with E-state index in [1.807, 2.05) is 31.2 Å². The van der Waals surface area contributed by atoms with Gasteiger partial charge in [0.2, 0.25) is 0 Å². The Morgan fingerprint density at radius 1 is 1.08 bits per heavy atom. The Balaban J connectivity index is 1.47. The van der Waals surface area contributed by atoms with Crippen molar-refractivity contribution in [2.24, 2.45) is 4.99 Å². The molecule has 0 amide bonds. The van der Waals surface area contributed by atoms with Crippen LogP contribution < -0.4 is 5.56 Å². The van der Waals surface area contributed by atoms with E-state index in [0.29, 0.717) is 5.56 Å². The van der Waals surface area contributed by atoms with E-state index in [4.69, 9.17) is 4.99 Å². The average Bonchev–Trinajstić information content (AvgIpc) is 2.87. The largest absolute Gasteiger partial charge is 0.295 e. The van der Waals surface area contributed by atoms with Gasteiger partial charge in [0.1, 0.15) is 0 Å². The lowest BCUT2D eigenvalue weighted by molar-refractivity contribution is -0.139. The van der Waals surface area contributed by atoms with Gasteiger partial charge in [-0.3, -0.25) is 29.6 Å². The highest BCUT2D eigenvalue weighted by Crippen LogP contribution is 2.31. The number of hydrogen-bond donors (Lipinski definition) is 1. The molecule has 4 saturated heterocycles. The molecule has 0 aliphatic carbocycles. The first kappa shape index (κ1) is 16.7. The normalized spacial score (nSPS) is 32.6. The van der Waals surface area contributed by atoms with Crippen LogP contribution in [0.2, 0.25) is 0 Å². The molecule has 0 saturated carbocycles. The minimum absolute atomic E-state index is 0.0434. The minimum Gasteiger partial charge on any atom is -0.295 e. The van der Waals surface area contributed by atoms with Gasteiger partial charge >= 0.3 is 0 Å². The van der Waals surface area contributed by atoms with E-state index in [9.17, 15) is 4.79 Å². The fourth-order valence-corrected chi connectivity index (χ4v) is 4.85. The lowest BCUT2D eigenvalue weighted by atomic mass is 9.91. The molecule has 0 unspecified atom stereocenters. The number of aromatic amines is 1. The molecule has 4 fully saturated rings. The van der Waals surface area contributed by atoms with Gasteiger partial charge in [0.25, 0.3) is 5.56 Å². The van der Waals surface area contributed by atoms with Gasteiger partial charge in [0.15, 0.2) is 0 Å². The molecule has 8 heteroatoms. The molecule has 136 valence electrons. The molecule has 0 atom stereocenters. The fourth-order valence-electron chi connectivity index (χ4n) is 4.49. The molecular formula is C18H21IN6O. The molecule has 1 aromatic heterocycles. The maximum absolute atomic E-state index is 12.9. The van der Waals surface area contributed by atoms with Crippen LogP contribution in [0, 0.1) is 10.5 Å². The van der Waals surface area contributed by atoms with Crippen molar-refractivity contribution >= 4 is 28.8 Å². The maximum atomic E-state index is 12.9. The Hall–Kier alpha value is -1.49. The molecule has 6 rings (SSSR count).